The van der Waals surface area contributed by atoms with E-state index < -0.39 is 16.0 Å². The van der Waals surface area contributed by atoms with Crippen LogP contribution in [0.25, 0.3) is 0 Å². The normalized spacial score (nSPS) is 11.3. The van der Waals surface area contributed by atoms with Gasteiger partial charge in [0.2, 0.25) is 0 Å². The first-order valence-corrected chi connectivity index (χ1v) is 10.4. The number of anilines is 2. The molecule has 1 N–H and O–H groups in total. The second kappa shape index (κ2) is 9.02. The van der Waals surface area contributed by atoms with Gasteiger partial charge in [-0.15, -0.1) is 0 Å². The van der Waals surface area contributed by atoms with Crippen LogP contribution >= 0.6 is 0 Å². The maximum atomic E-state index is 14.3. The molecule has 0 saturated heterocycles. The number of amides is 1. The summed E-state index contributed by atoms with van der Waals surface area (Å²) >= 11 is 0. The largest absolute Gasteiger partial charge is 0.321 e. The molecule has 0 atom stereocenters. The number of carbonyl (C=O) groups excluding carboxylic acids is 1. The molecule has 1 aromatic heterocycles. The molecule has 9 heteroatoms. The summed E-state index contributed by atoms with van der Waals surface area (Å²) in [5, 5.41) is 2.73. The number of carbonyl (C=O) groups is 1. The van der Waals surface area contributed by atoms with Gasteiger partial charge in [-0.25, -0.2) is 4.39 Å². The predicted molar refractivity (Wildman–Crippen MR) is 114 cm³/mol. The van der Waals surface area contributed by atoms with Crippen LogP contribution < -0.4 is 9.62 Å². The quantitative estimate of drug-likeness (QED) is 0.626. The van der Waals surface area contributed by atoms with Crippen molar-refractivity contribution in [3.63, 3.8) is 0 Å². The van der Waals surface area contributed by atoms with Crippen LogP contribution in [-0.2, 0) is 16.8 Å². The molecule has 0 fully saturated rings. The van der Waals surface area contributed by atoms with E-state index in [1.165, 1.54) is 38.5 Å². The van der Waals surface area contributed by atoms with E-state index in [9.17, 15) is 17.6 Å². The zero-order chi connectivity index (χ0) is 21.7. The van der Waals surface area contributed by atoms with Gasteiger partial charge in [0.05, 0.1) is 24.1 Å². The summed E-state index contributed by atoms with van der Waals surface area (Å²) < 4.78 is 41.9. The zero-order valence-electron chi connectivity index (χ0n) is 16.5. The Labute approximate surface area is 175 Å². The van der Waals surface area contributed by atoms with Crippen molar-refractivity contribution in [1.82, 2.24) is 9.29 Å². The molecule has 0 bridgehead atoms. The molecule has 156 valence electrons. The van der Waals surface area contributed by atoms with Crippen LogP contribution in [0.15, 0.2) is 73.1 Å². The van der Waals surface area contributed by atoms with E-state index in [0.29, 0.717) is 16.8 Å². The van der Waals surface area contributed by atoms with E-state index in [0.717, 1.165) is 8.61 Å². The van der Waals surface area contributed by atoms with Crippen molar-refractivity contribution in [1.29, 1.82) is 0 Å². The number of rotatable bonds is 7. The molecule has 0 saturated carbocycles. The van der Waals surface area contributed by atoms with Crippen molar-refractivity contribution in [2.45, 2.75) is 6.54 Å². The van der Waals surface area contributed by atoms with E-state index in [1.54, 1.807) is 48.7 Å². The molecule has 30 heavy (non-hydrogen) atoms. The molecule has 1 heterocycles. The Kier molecular flexibility index (Phi) is 6.43. The minimum atomic E-state index is -3.94. The van der Waals surface area contributed by atoms with Crippen molar-refractivity contribution in [3.05, 3.63) is 90.0 Å². The Balaban J connectivity index is 1.83. The van der Waals surface area contributed by atoms with Gasteiger partial charge in [0.1, 0.15) is 5.82 Å². The number of hydrogen-bond acceptors (Lipinski definition) is 4. The average molecular weight is 428 g/mol. The Morgan fingerprint density at radius 3 is 2.33 bits per heavy atom. The van der Waals surface area contributed by atoms with Gasteiger partial charge in [0.15, 0.2) is 0 Å². The van der Waals surface area contributed by atoms with Crippen LogP contribution in [0.2, 0.25) is 0 Å². The molecule has 0 unspecified atom stereocenters. The SMILES string of the molecule is CN(C)S(=O)(=O)N(Cc1ccc(C(=O)Nc2cccnc2)cc1)c1ccccc1F. The fraction of sp³-hybridized carbons (Fsp3) is 0.143. The minimum Gasteiger partial charge on any atom is -0.321 e. The Bertz CT molecular complexity index is 1120. The van der Waals surface area contributed by atoms with Crippen LogP contribution in [0.4, 0.5) is 15.8 Å². The number of nitrogens with one attached hydrogen (secondary N) is 1. The lowest BCUT2D eigenvalue weighted by Crippen LogP contribution is -2.40. The second-order valence-corrected chi connectivity index (χ2v) is 8.71. The van der Waals surface area contributed by atoms with Crippen molar-refractivity contribution in [2.75, 3.05) is 23.7 Å². The first kappa shape index (κ1) is 21.4. The van der Waals surface area contributed by atoms with E-state index in [2.05, 4.69) is 10.3 Å². The molecule has 2 aromatic carbocycles. The lowest BCUT2D eigenvalue weighted by atomic mass is 10.1. The standard InChI is InChI=1S/C21H21FN4O3S/c1-25(2)30(28,29)26(20-8-4-3-7-19(20)22)15-16-9-11-17(12-10-16)21(27)24-18-6-5-13-23-14-18/h3-14H,15H2,1-2H3,(H,24,27). The summed E-state index contributed by atoms with van der Waals surface area (Å²) in [4.78, 5) is 16.3. The Hall–Kier alpha value is -3.30. The Morgan fingerprint density at radius 2 is 1.73 bits per heavy atom. The maximum absolute atomic E-state index is 14.3. The summed E-state index contributed by atoms with van der Waals surface area (Å²) in [7, 11) is -1.17. The molecule has 0 radical (unpaired) electrons. The van der Waals surface area contributed by atoms with Gasteiger partial charge in [0, 0.05) is 25.9 Å². The fourth-order valence-electron chi connectivity index (χ4n) is 2.71. The summed E-state index contributed by atoms with van der Waals surface area (Å²) in [5.41, 5.74) is 1.51. The molecule has 0 spiro atoms. The highest BCUT2D eigenvalue weighted by atomic mass is 32.2. The molecule has 1 amide bonds. The summed E-state index contributed by atoms with van der Waals surface area (Å²) in [6.07, 6.45) is 3.14. The van der Waals surface area contributed by atoms with Crippen LogP contribution in [0.3, 0.4) is 0 Å². The lowest BCUT2D eigenvalue weighted by molar-refractivity contribution is 0.102. The van der Waals surface area contributed by atoms with Crippen LogP contribution in [-0.4, -0.2) is 37.7 Å². The first-order valence-electron chi connectivity index (χ1n) is 9.04. The fourth-order valence-corrected chi connectivity index (χ4v) is 3.81. The third kappa shape index (κ3) is 4.81. The van der Waals surface area contributed by atoms with Crippen molar-refractivity contribution in [3.8, 4) is 0 Å². The van der Waals surface area contributed by atoms with Crippen LogP contribution in [0.1, 0.15) is 15.9 Å². The molecule has 7 nitrogen and oxygen atoms in total. The lowest BCUT2D eigenvalue weighted by Gasteiger charge is -2.27. The molecule has 3 aromatic rings. The van der Waals surface area contributed by atoms with Crippen molar-refractivity contribution < 1.29 is 17.6 Å². The predicted octanol–water partition coefficient (Wildman–Crippen LogP) is 3.29. The van der Waals surface area contributed by atoms with E-state index in [-0.39, 0.29) is 18.1 Å². The highest BCUT2D eigenvalue weighted by Gasteiger charge is 2.27. The molecule has 3 rings (SSSR count). The molecule has 0 aliphatic carbocycles. The van der Waals surface area contributed by atoms with Gasteiger partial charge in [-0.2, -0.15) is 12.7 Å². The smallest absolute Gasteiger partial charge is 0.303 e. The number of benzene rings is 2. The van der Waals surface area contributed by atoms with Crippen molar-refractivity contribution >= 4 is 27.5 Å². The van der Waals surface area contributed by atoms with E-state index in [4.69, 9.17) is 0 Å². The van der Waals surface area contributed by atoms with Crippen molar-refractivity contribution in [2.24, 2.45) is 0 Å². The maximum Gasteiger partial charge on any atom is 0.303 e. The zero-order valence-corrected chi connectivity index (χ0v) is 17.3. The molecular formula is C21H21FN4O3S. The van der Waals surface area contributed by atoms with E-state index in [1.807, 2.05) is 0 Å². The van der Waals surface area contributed by atoms with Gasteiger partial charge >= 0.3 is 10.2 Å². The Morgan fingerprint density at radius 1 is 1.03 bits per heavy atom. The number of aromatic nitrogens is 1. The number of nitrogens with zero attached hydrogens (tertiary/aromatic N) is 3. The third-order valence-electron chi connectivity index (χ3n) is 4.32. The molecular weight excluding hydrogens is 407 g/mol. The number of halogens is 1. The van der Waals surface area contributed by atoms with Crippen LogP contribution in [0.5, 0.6) is 0 Å². The van der Waals surface area contributed by atoms with Crippen LogP contribution in [0, 0.1) is 5.82 Å². The molecule has 0 aliphatic heterocycles. The van der Waals surface area contributed by atoms with E-state index >= 15 is 0 Å². The van der Waals surface area contributed by atoms with Gasteiger partial charge in [-0.3, -0.25) is 14.1 Å². The highest BCUT2D eigenvalue weighted by Crippen LogP contribution is 2.25. The summed E-state index contributed by atoms with van der Waals surface area (Å²) in [5.74, 6) is -0.961. The molecule has 0 aliphatic rings. The van der Waals surface area contributed by atoms with Gasteiger partial charge in [0.25, 0.3) is 5.91 Å². The second-order valence-electron chi connectivity index (χ2n) is 6.64. The number of para-hydroxylation sites is 1. The van der Waals surface area contributed by atoms with Gasteiger partial charge in [-0.1, -0.05) is 24.3 Å². The topological polar surface area (TPSA) is 82.6 Å². The third-order valence-corrected chi connectivity index (χ3v) is 6.13. The number of pyridine rings is 1. The summed E-state index contributed by atoms with van der Waals surface area (Å²) in [6.45, 7) is -0.0913. The first-order chi connectivity index (χ1) is 14.3. The minimum absolute atomic E-state index is 0.0513. The monoisotopic (exact) mass is 428 g/mol. The summed E-state index contributed by atoms with van der Waals surface area (Å²) in [6, 6.07) is 15.6. The van der Waals surface area contributed by atoms with Gasteiger partial charge < -0.3 is 5.32 Å². The number of hydrogen-bond donors (Lipinski definition) is 1. The average Bonchev–Trinajstić information content (AvgIpc) is 2.73. The van der Waals surface area contributed by atoms with Gasteiger partial charge in [-0.05, 0) is 42.0 Å². The highest BCUT2D eigenvalue weighted by molar-refractivity contribution is 7.90.